The Morgan fingerprint density at radius 2 is 2.09 bits per heavy atom. The number of nitrogens with zero attached hydrogens (tertiary/aromatic N) is 4. The van der Waals surface area contributed by atoms with E-state index in [4.69, 9.17) is 4.74 Å². The van der Waals surface area contributed by atoms with E-state index in [9.17, 15) is 0 Å². The molecule has 0 amide bonds. The second kappa shape index (κ2) is 8.38. The van der Waals surface area contributed by atoms with Crippen LogP contribution in [0, 0.1) is 0 Å². The van der Waals surface area contributed by atoms with E-state index >= 15 is 0 Å². The van der Waals surface area contributed by atoms with Gasteiger partial charge in [-0.05, 0) is 24.6 Å². The highest BCUT2D eigenvalue weighted by molar-refractivity contribution is 7.99. The average Bonchev–Trinajstić information content (AvgIpc) is 2.63. The number of aryl methyl sites for hydroxylation is 1. The van der Waals surface area contributed by atoms with E-state index < -0.39 is 0 Å². The minimum atomic E-state index is 0.721. The summed E-state index contributed by atoms with van der Waals surface area (Å²) in [7, 11) is 0. The Hall–Kier alpha value is -1.50. The largest absolute Gasteiger partial charge is 0.379 e. The maximum Gasteiger partial charge on any atom is 0.179 e. The maximum absolute atomic E-state index is 5.38. The van der Waals surface area contributed by atoms with Crippen LogP contribution in [0.2, 0.25) is 0 Å². The molecule has 122 valence electrons. The number of hydrogen-bond donors (Lipinski definition) is 0. The highest BCUT2D eigenvalue weighted by Crippen LogP contribution is 2.21. The summed E-state index contributed by atoms with van der Waals surface area (Å²) in [5.41, 5.74) is 1.90. The van der Waals surface area contributed by atoms with Crippen molar-refractivity contribution in [1.29, 1.82) is 0 Å². The van der Waals surface area contributed by atoms with Crippen molar-refractivity contribution in [2.75, 3.05) is 38.6 Å². The molecule has 1 aliphatic rings. The van der Waals surface area contributed by atoms with Gasteiger partial charge in [-0.15, -0.1) is 11.8 Å². The van der Waals surface area contributed by atoms with Crippen LogP contribution in [0.4, 0.5) is 0 Å². The van der Waals surface area contributed by atoms with E-state index in [0.717, 1.165) is 67.3 Å². The standard InChI is InChI=1S/C17H22N4OS/c1-2-14-13-16(23-12-9-21-7-10-22-11-8-21)20-17(19-14)15-5-3-4-6-18-15/h3-6,13H,2,7-12H2,1H3. The lowest BCUT2D eigenvalue weighted by Crippen LogP contribution is -2.37. The van der Waals surface area contributed by atoms with Crippen LogP contribution in [0.25, 0.3) is 11.5 Å². The minimum absolute atomic E-state index is 0.721. The van der Waals surface area contributed by atoms with Gasteiger partial charge in [0.15, 0.2) is 5.82 Å². The summed E-state index contributed by atoms with van der Waals surface area (Å²) in [6, 6.07) is 7.92. The van der Waals surface area contributed by atoms with Crippen molar-refractivity contribution in [3.8, 4) is 11.5 Å². The van der Waals surface area contributed by atoms with Crippen LogP contribution < -0.4 is 0 Å². The van der Waals surface area contributed by atoms with Crippen LogP contribution in [0.3, 0.4) is 0 Å². The smallest absolute Gasteiger partial charge is 0.179 e. The first-order valence-electron chi connectivity index (χ1n) is 8.07. The van der Waals surface area contributed by atoms with Crippen molar-refractivity contribution in [3.63, 3.8) is 0 Å². The summed E-state index contributed by atoms with van der Waals surface area (Å²) >= 11 is 1.79. The van der Waals surface area contributed by atoms with Gasteiger partial charge in [0.1, 0.15) is 10.7 Å². The zero-order valence-electron chi connectivity index (χ0n) is 13.4. The Morgan fingerprint density at radius 1 is 1.22 bits per heavy atom. The van der Waals surface area contributed by atoms with Crippen LogP contribution >= 0.6 is 11.8 Å². The number of pyridine rings is 1. The molecule has 2 aromatic heterocycles. The molecule has 5 nitrogen and oxygen atoms in total. The van der Waals surface area contributed by atoms with Gasteiger partial charge in [0.05, 0.1) is 13.2 Å². The Bertz CT molecular complexity index is 617. The first kappa shape index (κ1) is 16.4. The van der Waals surface area contributed by atoms with Crippen LogP contribution in [0.5, 0.6) is 0 Å². The topological polar surface area (TPSA) is 51.1 Å². The van der Waals surface area contributed by atoms with Crippen molar-refractivity contribution in [2.24, 2.45) is 0 Å². The minimum Gasteiger partial charge on any atom is -0.379 e. The monoisotopic (exact) mass is 330 g/mol. The van der Waals surface area contributed by atoms with Gasteiger partial charge < -0.3 is 4.74 Å². The molecule has 0 spiro atoms. The number of thioether (sulfide) groups is 1. The molecular formula is C17H22N4OS. The van der Waals surface area contributed by atoms with Gasteiger partial charge >= 0.3 is 0 Å². The van der Waals surface area contributed by atoms with E-state index in [2.05, 4.69) is 32.8 Å². The third kappa shape index (κ3) is 4.73. The first-order valence-corrected chi connectivity index (χ1v) is 9.06. The zero-order chi connectivity index (χ0) is 15.9. The highest BCUT2D eigenvalue weighted by Gasteiger charge is 2.11. The zero-order valence-corrected chi connectivity index (χ0v) is 14.3. The molecule has 0 saturated carbocycles. The number of morpholine rings is 1. The van der Waals surface area contributed by atoms with Crippen molar-refractivity contribution >= 4 is 11.8 Å². The molecule has 0 atom stereocenters. The molecule has 1 saturated heterocycles. The molecule has 0 N–H and O–H groups in total. The molecule has 3 rings (SSSR count). The van der Waals surface area contributed by atoms with E-state index in [0.29, 0.717) is 0 Å². The lowest BCUT2D eigenvalue weighted by atomic mass is 10.3. The van der Waals surface area contributed by atoms with Gasteiger partial charge in [-0.3, -0.25) is 9.88 Å². The van der Waals surface area contributed by atoms with Gasteiger partial charge in [0, 0.05) is 37.3 Å². The van der Waals surface area contributed by atoms with Gasteiger partial charge in [-0.1, -0.05) is 13.0 Å². The van der Waals surface area contributed by atoms with Crippen molar-refractivity contribution < 1.29 is 4.74 Å². The van der Waals surface area contributed by atoms with Crippen molar-refractivity contribution in [2.45, 2.75) is 18.4 Å². The highest BCUT2D eigenvalue weighted by atomic mass is 32.2. The molecule has 0 aliphatic carbocycles. The van der Waals surface area contributed by atoms with E-state index in [1.54, 1.807) is 18.0 Å². The quantitative estimate of drug-likeness (QED) is 0.599. The predicted molar refractivity (Wildman–Crippen MR) is 92.6 cm³/mol. The van der Waals surface area contributed by atoms with E-state index in [1.807, 2.05) is 18.2 Å². The molecule has 1 aliphatic heterocycles. The van der Waals surface area contributed by atoms with Crippen LogP contribution in [-0.4, -0.2) is 58.5 Å². The Labute approximate surface area is 141 Å². The molecule has 2 aromatic rings. The van der Waals surface area contributed by atoms with Crippen LogP contribution in [0.15, 0.2) is 35.5 Å². The number of rotatable bonds is 6. The maximum atomic E-state index is 5.38. The molecule has 0 unspecified atom stereocenters. The third-order valence-corrected chi connectivity index (χ3v) is 4.66. The summed E-state index contributed by atoms with van der Waals surface area (Å²) in [6.07, 6.45) is 2.68. The molecule has 0 bridgehead atoms. The second-order valence-electron chi connectivity index (χ2n) is 5.39. The van der Waals surface area contributed by atoms with Gasteiger partial charge in [-0.2, -0.15) is 0 Å². The molecule has 1 fully saturated rings. The fraction of sp³-hybridized carbons (Fsp3) is 0.471. The van der Waals surface area contributed by atoms with Gasteiger partial charge in [0.25, 0.3) is 0 Å². The third-order valence-electron chi connectivity index (χ3n) is 3.77. The van der Waals surface area contributed by atoms with Gasteiger partial charge in [-0.25, -0.2) is 9.97 Å². The fourth-order valence-corrected chi connectivity index (χ4v) is 3.37. The Kier molecular flexibility index (Phi) is 5.96. The predicted octanol–water partition coefficient (Wildman–Crippen LogP) is 2.53. The van der Waals surface area contributed by atoms with Crippen LogP contribution in [-0.2, 0) is 11.2 Å². The molecule has 0 aromatic carbocycles. The molecular weight excluding hydrogens is 308 g/mol. The summed E-state index contributed by atoms with van der Waals surface area (Å²) in [4.78, 5) is 16.1. The van der Waals surface area contributed by atoms with E-state index in [-0.39, 0.29) is 0 Å². The van der Waals surface area contributed by atoms with Crippen molar-refractivity contribution in [1.82, 2.24) is 19.9 Å². The summed E-state index contributed by atoms with van der Waals surface area (Å²) in [5, 5.41) is 1.03. The summed E-state index contributed by atoms with van der Waals surface area (Å²) < 4.78 is 5.38. The lowest BCUT2D eigenvalue weighted by Gasteiger charge is -2.26. The number of aromatic nitrogens is 3. The van der Waals surface area contributed by atoms with Gasteiger partial charge in [0.2, 0.25) is 0 Å². The summed E-state index contributed by atoms with van der Waals surface area (Å²) in [5.74, 6) is 1.75. The molecule has 0 radical (unpaired) electrons. The summed E-state index contributed by atoms with van der Waals surface area (Å²) in [6.45, 7) is 6.95. The fourth-order valence-electron chi connectivity index (χ4n) is 2.44. The van der Waals surface area contributed by atoms with Crippen LogP contribution in [0.1, 0.15) is 12.6 Å². The second-order valence-corrected chi connectivity index (χ2v) is 6.51. The molecule has 23 heavy (non-hydrogen) atoms. The number of hydrogen-bond acceptors (Lipinski definition) is 6. The van der Waals surface area contributed by atoms with Crippen molar-refractivity contribution in [3.05, 3.63) is 36.2 Å². The molecule has 6 heteroatoms. The lowest BCUT2D eigenvalue weighted by molar-refractivity contribution is 0.0410. The number of ether oxygens (including phenoxy) is 1. The molecule has 3 heterocycles. The SMILES string of the molecule is CCc1cc(SCCN2CCOCC2)nc(-c2ccccn2)n1. The average molecular weight is 330 g/mol. The normalized spacial score (nSPS) is 15.7. The van der Waals surface area contributed by atoms with E-state index in [1.165, 1.54) is 0 Å². The first-order chi connectivity index (χ1) is 11.3. The Balaban J connectivity index is 1.66. The Morgan fingerprint density at radius 3 is 2.83 bits per heavy atom.